The van der Waals surface area contributed by atoms with Crippen molar-refractivity contribution in [2.75, 3.05) is 5.32 Å². The Labute approximate surface area is 126 Å². The van der Waals surface area contributed by atoms with Gasteiger partial charge in [0.1, 0.15) is 5.82 Å². The fraction of sp³-hybridized carbons (Fsp3) is 0.188. The minimum atomic E-state index is -0.816. The summed E-state index contributed by atoms with van der Waals surface area (Å²) in [4.78, 5) is 13.1. The summed E-state index contributed by atoms with van der Waals surface area (Å²) in [6.07, 6.45) is 0.545. The fourth-order valence-corrected chi connectivity index (χ4v) is 3.44. The predicted molar refractivity (Wildman–Crippen MR) is 80.9 cm³/mol. The van der Waals surface area contributed by atoms with E-state index in [0.717, 1.165) is 26.7 Å². The summed E-state index contributed by atoms with van der Waals surface area (Å²) >= 11 is 1.48. The van der Waals surface area contributed by atoms with Gasteiger partial charge in [-0.1, -0.05) is 24.8 Å². The van der Waals surface area contributed by atoms with Crippen LogP contribution in [-0.4, -0.2) is 11.1 Å². The van der Waals surface area contributed by atoms with Crippen LogP contribution in [0.25, 0.3) is 0 Å². The standard InChI is InChI=1S/C16H14FNO2S/c1-2-11(16(19)20)9-3-6-14-13(7-9)18-12-5-4-10(17)8-15(12)21-14/h3-8,11,18H,2H2,1H3,(H,19,20). The number of benzene rings is 2. The van der Waals surface area contributed by atoms with Crippen molar-refractivity contribution in [3.63, 3.8) is 0 Å². The average molecular weight is 303 g/mol. The Kier molecular flexibility index (Phi) is 3.59. The van der Waals surface area contributed by atoms with Gasteiger partial charge in [-0.15, -0.1) is 0 Å². The molecular formula is C16H14FNO2S. The van der Waals surface area contributed by atoms with Crippen molar-refractivity contribution >= 4 is 29.1 Å². The summed E-state index contributed by atoms with van der Waals surface area (Å²) in [5.74, 6) is -1.58. The van der Waals surface area contributed by atoms with Gasteiger partial charge in [-0.25, -0.2) is 4.39 Å². The third-order valence-corrected chi connectivity index (χ3v) is 4.68. The molecule has 0 amide bonds. The van der Waals surface area contributed by atoms with Crippen LogP contribution in [0, 0.1) is 5.82 Å². The Bertz CT molecular complexity index is 717. The molecule has 0 aromatic heterocycles. The summed E-state index contributed by atoms with van der Waals surface area (Å²) in [6.45, 7) is 1.86. The number of anilines is 2. The molecule has 108 valence electrons. The molecule has 0 fully saturated rings. The van der Waals surface area contributed by atoms with Crippen molar-refractivity contribution in [1.29, 1.82) is 0 Å². The molecule has 1 unspecified atom stereocenters. The molecule has 3 nitrogen and oxygen atoms in total. The number of nitrogens with one attached hydrogen (secondary N) is 1. The molecule has 2 aromatic carbocycles. The maximum atomic E-state index is 13.3. The first-order valence-electron chi connectivity index (χ1n) is 6.69. The van der Waals surface area contributed by atoms with E-state index in [9.17, 15) is 14.3 Å². The molecular weight excluding hydrogens is 289 g/mol. The quantitative estimate of drug-likeness (QED) is 0.741. The normalized spacial score (nSPS) is 13.8. The van der Waals surface area contributed by atoms with E-state index in [1.807, 2.05) is 25.1 Å². The van der Waals surface area contributed by atoms with E-state index in [2.05, 4.69) is 5.32 Å². The molecule has 3 rings (SSSR count). The second-order valence-electron chi connectivity index (χ2n) is 4.92. The number of hydrogen-bond donors (Lipinski definition) is 2. The maximum Gasteiger partial charge on any atom is 0.310 e. The van der Waals surface area contributed by atoms with E-state index in [1.165, 1.54) is 23.9 Å². The van der Waals surface area contributed by atoms with Crippen molar-refractivity contribution in [3.05, 3.63) is 47.8 Å². The van der Waals surface area contributed by atoms with Crippen molar-refractivity contribution < 1.29 is 14.3 Å². The molecule has 1 heterocycles. The second-order valence-corrected chi connectivity index (χ2v) is 6.01. The molecule has 1 aliphatic heterocycles. The van der Waals surface area contributed by atoms with Gasteiger partial charge in [0, 0.05) is 9.79 Å². The lowest BCUT2D eigenvalue weighted by Crippen LogP contribution is -2.11. The molecule has 1 aliphatic rings. The SMILES string of the molecule is CCC(C(=O)O)c1ccc2c(c1)Nc1ccc(F)cc1S2. The first-order valence-corrected chi connectivity index (χ1v) is 7.51. The van der Waals surface area contributed by atoms with Gasteiger partial charge < -0.3 is 10.4 Å². The highest BCUT2D eigenvalue weighted by atomic mass is 32.2. The predicted octanol–water partition coefficient (Wildman–Crippen LogP) is 4.61. The lowest BCUT2D eigenvalue weighted by atomic mass is 9.96. The zero-order valence-corrected chi connectivity index (χ0v) is 12.2. The fourth-order valence-electron chi connectivity index (χ4n) is 2.45. The highest BCUT2D eigenvalue weighted by molar-refractivity contribution is 7.99. The van der Waals surface area contributed by atoms with Crippen LogP contribution in [0.1, 0.15) is 24.8 Å². The van der Waals surface area contributed by atoms with Crippen LogP contribution >= 0.6 is 11.8 Å². The monoisotopic (exact) mass is 303 g/mol. The van der Waals surface area contributed by atoms with Crippen LogP contribution in [0.4, 0.5) is 15.8 Å². The number of hydrogen-bond acceptors (Lipinski definition) is 3. The molecule has 0 spiro atoms. The highest BCUT2D eigenvalue weighted by Crippen LogP contribution is 2.45. The number of carboxylic acids is 1. The van der Waals surface area contributed by atoms with Crippen LogP contribution in [0.2, 0.25) is 0 Å². The van der Waals surface area contributed by atoms with Crippen molar-refractivity contribution in [2.45, 2.75) is 29.1 Å². The van der Waals surface area contributed by atoms with Gasteiger partial charge in [0.25, 0.3) is 0 Å². The second kappa shape index (κ2) is 5.41. The van der Waals surface area contributed by atoms with E-state index >= 15 is 0 Å². The van der Waals surface area contributed by atoms with Gasteiger partial charge in [0.15, 0.2) is 0 Å². The molecule has 5 heteroatoms. The van der Waals surface area contributed by atoms with Gasteiger partial charge in [-0.2, -0.15) is 0 Å². The first kappa shape index (κ1) is 13.9. The first-order chi connectivity index (χ1) is 10.1. The Balaban J connectivity index is 1.97. The summed E-state index contributed by atoms with van der Waals surface area (Å²) in [5.41, 5.74) is 2.49. The van der Waals surface area contributed by atoms with E-state index < -0.39 is 11.9 Å². The number of carbonyl (C=O) groups is 1. The summed E-state index contributed by atoms with van der Waals surface area (Å²) < 4.78 is 13.3. The van der Waals surface area contributed by atoms with E-state index in [-0.39, 0.29) is 5.82 Å². The topological polar surface area (TPSA) is 49.3 Å². The number of fused-ring (bicyclic) bond motifs is 2. The third-order valence-electron chi connectivity index (χ3n) is 3.55. The Morgan fingerprint density at radius 1 is 1.24 bits per heavy atom. The van der Waals surface area contributed by atoms with Crippen molar-refractivity contribution in [1.82, 2.24) is 0 Å². The smallest absolute Gasteiger partial charge is 0.310 e. The lowest BCUT2D eigenvalue weighted by Gasteiger charge is -2.22. The minimum absolute atomic E-state index is 0.264. The molecule has 0 radical (unpaired) electrons. The summed E-state index contributed by atoms with van der Waals surface area (Å²) in [6, 6.07) is 10.2. The van der Waals surface area contributed by atoms with Crippen molar-refractivity contribution in [3.8, 4) is 0 Å². The highest BCUT2D eigenvalue weighted by Gasteiger charge is 2.21. The Morgan fingerprint density at radius 2 is 2.05 bits per heavy atom. The molecule has 0 bridgehead atoms. The van der Waals surface area contributed by atoms with E-state index in [1.54, 1.807) is 6.07 Å². The van der Waals surface area contributed by atoms with E-state index in [4.69, 9.17) is 0 Å². The summed E-state index contributed by atoms with van der Waals surface area (Å²) in [7, 11) is 0. The van der Waals surface area contributed by atoms with Crippen molar-refractivity contribution in [2.24, 2.45) is 0 Å². The van der Waals surface area contributed by atoms with Gasteiger partial charge in [-0.05, 0) is 42.3 Å². The maximum absolute atomic E-state index is 13.3. The van der Waals surface area contributed by atoms with Crippen LogP contribution in [-0.2, 0) is 4.79 Å². The Hall–Kier alpha value is -2.01. The van der Waals surface area contributed by atoms with Gasteiger partial charge in [0.2, 0.25) is 0 Å². The van der Waals surface area contributed by atoms with Gasteiger partial charge in [-0.3, -0.25) is 4.79 Å². The number of carboxylic acid groups (broad SMARTS) is 1. The minimum Gasteiger partial charge on any atom is -0.481 e. The number of rotatable bonds is 3. The lowest BCUT2D eigenvalue weighted by molar-refractivity contribution is -0.138. The molecule has 2 N–H and O–H groups in total. The zero-order chi connectivity index (χ0) is 15.0. The third kappa shape index (κ3) is 2.61. The molecule has 21 heavy (non-hydrogen) atoms. The zero-order valence-electron chi connectivity index (χ0n) is 11.4. The molecule has 0 saturated carbocycles. The van der Waals surface area contributed by atoms with Crippen LogP contribution < -0.4 is 5.32 Å². The van der Waals surface area contributed by atoms with Gasteiger partial charge >= 0.3 is 5.97 Å². The van der Waals surface area contributed by atoms with Crippen LogP contribution in [0.5, 0.6) is 0 Å². The van der Waals surface area contributed by atoms with Crippen LogP contribution in [0.3, 0.4) is 0 Å². The van der Waals surface area contributed by atoms with Gasteiger partial charge in [0.05, 0.1) is 17.3 Å². The van der Waals surface area contributed by atoms with E-state index in [0.29, 0.717) is 6.42 Å². The summed E-state index contributed by atoms with van der Waals surface area (Å²) in [5, 5.41) is 12.5. The molecule has 2 aromatic rings. The molecule has 1 atom stereocenters. The molecule has 0 aliphatic carbocycles. The average Bonchev–Trinajstić information content (AvgIpc) is 2.45. The Morgan fingerprint density at radius 3 is 2.76 bits per heavy atom. The largest absolute Gasteiger partial charge is 0.481 e. The molecule has 0 saturated heterocycles. The number of halogens is 1. The van der Waals surface area contributed by atoms with Crippen LogP contribution in [0.15, 0.2) is 46.2 Å². The number of aliphatic carboxylic acids is 1.